The fourth-order valence-corrected chi connectivity index (χ4v) is 4.95. The molecule has 7 nitrogen and oxygen atoms in total. The second kappa shape index (κ2) is 11.9. The summed E-state index contributed by atoms with van der Waals surface area (Å²) in [6.45, 7) is 2.74. The second-order valence-corrected chi connectivity index (χ2v) is 9.72. The van der Waals surface area contributed by atoms with Gasteiger partial charge in [-0.3, -0.25) is 9.59 Å². The first-order valence-electron chi connectivity index (χ1n) is 13.3. The van der Waals surface area contributed by atoms with E-state index >= 15 is 0 Å². The Hall–Kier alpha value is -4.91. The number of rotatable bonds is 9. The molecule has 0 unspecified atom stereocenters. The number of carboxylic acid groups (broad SMARTS) is 1. The van der Waals surface area contributed by atoms with Gasteiger partial charge in [-0.15, -0.1) is 0 Å². The van der Waals surface area contributed by atoms with Crippen LogP contribution in [0.4, 0.5) is 0 Å². The van der Waals surface area contributed by atoms with E-state index < -0.39 is 11.9 Å². The van der Waals surface area contributed by atoms with Gasteiger partial charge in [0.1, 0.15) is 5.82 Å². The summed E-state index contributed by atoms with van der Waals surface area (Å²) < 4.78 is 2.20. The number of fused-ring (bicyclic) bond motifs is 1. The highest BCUT2D eigenvalue weighted by molar-refractivity contribution is 6.12. The third-order valence-electron chi connectivity index (χ3n) is 7.05. The molecule has 1 aromatic heterocycles. The van der Waals surface area contributed by atoms with Gasteiger partial charge in [-0.2, -0.15) is 0 Å². The SMILES string of the molecule is CCCCc1nc2c(n1Cc1ccc(-c3ccccc3C(=O)O)cc1)CC(=NC(=O)c1ccccc1C=O)C=C2. The van der Waals surface area contributed by atoms with E-state index in [1.807, 2.05) is 48.6 Å². The van der Waals surface area contributed by atoms with Crippen LogP contribution >= 0.6 is 0 Å². The molecule has 7 heteroatoms. The molecule has 40 heavy (non-hydrogen) atoms. The molecule has 0 fully saturated rings. The molecule has 200 valence electrons. The van der Waals surface area contributed by atoms with Crippen molar-refractivity contribution in [3.8, 4) is 11.1 Å². The molecule has 1 aliphatic rings. The van der Waals surface area contributed by atoms with Gasteiger partial charge in [-0.05, 0) is 47.4 Å². The van der Waals surface area contributed by atoms with Gasteiger partial charge >= 0.3 is 5.97 Å². The molecule has 0 saturated carbocycles. The number of carbonyl (C=O) groups is 3. The summed E-state index contributed by atoms with van der Waals surface area (Å²) in [5.41, 5.74) is 5.92. The van der Waals surface area contributed by atoms with Crippen molar-refractivity contribution >= 4 is 30.0 Å². The molecule has 1 N–H and O–H groups in total. The van der Waals surface area contributed by atoms with Gasteiger partial charge in [-0.1, -0.05) is 74.0 Å². The first kappa shape index (κ1) is 26.7. The van der Waals surface area contributed by atoms with Gasteiger partial charge in [-0.25, -0.2) is 14.8 Å². The lowest BCUT2D eigenvalue weighted by molar-refractivity contribution is 0.0697. The van der Waals surface area contributed by atoms with Gasteiger partial charge in [0, 0.05) is 24.9 Å². The van der Waals surface area contributed by atoms with Crippen molar-refractivity contribution in [3.63, 3.8) is 0 Å². The Balaban J connectivity index is 1.44. The molecule has 0 aliphatic heterocycles. The monoisotopic (exact) mass is 531 g/mol. The van der Waals surface area contributed by atoms with Crippen LogP contribution in [0.15, 0.2) is 83.9 Å². The number of amides is 1. The Labute approximate surface area is 232 Å². The molecule has 1 amide bonds. The fraction of sp³-hybridized carbons (Fsp3) is 0.182. The Bertz CT molecular complexity index is 1640. The van der Waals surface area contributed by atoms with Crippen molar-refractivity contribution in [2.45, 2.75) is 39.2 Å². The summed E-state index contributed by atoms with van der Waals surface area (Å²) in [5, 5.41) is 9.57. The van der Waals surface area contributed by atoms with Crippen LogP contribution in [0.1, 0.15) is 73.6 Å². The van der Waals surface area contributed by atoms with Crippen LogP contribution in [0.2, 0.25) is 0 Å². The number of benzene rings is 3. The maximum absolute atomic E-state index is 12.9. The third kappa shape index (κ3) is 5.59. The maximum atomic E-state index is 12.9. The smallest absolute Gasteiger partial charge is 0.336 e. The van der Waals surface area contributed by atoms with Crippen LogP contribution in [-0.4, -0.2) is 38.5 Å². The molecule has 0 radical (unpaired) electrons. The summed E-state index contributed by atoms with van der Waals surface area (Å²) in [6.07, 6.45) is 7.72. The predicted molar refractivity (Wildman–Crippen MR) is 155 cm³/mol. The lowest BCUT2D eigenvalue weighted by Gasteiger charge is -2.15. The number of aromatic nitrogens is 2. The summed E-state index contributed by atoms with van der Waals surface area (Å²) in [4.78, 5) is 45.2. The highest BCUT2D eigenvalue weighted by Gasteiger charge is 2.21. The number of imidazole rings is 1. The number of hydrogen-bond donors (Lipinski definition) is 1. The Morgan fingerprint density at radius 3 is 2.42 bits per heavy atom. The van der Waals surface area contributed by atoms with Crippen molar-refractivity contribution in [3.05, 3.63) is 118 Å². The molecule has 5 rings (SSSR count). The number of nitrogens with zero attached hydrogens (tertiary/aromatic N) is 3. The molecular weight excluding hydrogens is 502 g/mol. The molecule has 0 spiro atoms. The van der Waals surface area contributed by atoms with E-state index in [0.29, 0.717) is 36.1 Å². The number of carboxylic acids is 1. The number of unbranched alkanes of at least 4 members (excludes halogenated alkanes) is 1. The normalized spacial score (nSPS) is 13.3. The van der Waals surface area contributed by atoms with E-state index in [1.165, 1.54) is 0 Å². The molecule has 0 atom stereocenters. The first-order valence-corrected chi connectivity index (χ1v) is 13.3. The van der Waals surface area contributed by atoms with Crippen LogP contribution in [0.5, 0.6) is 0 Å². The molecule has 3 aromatic carbocycles. The zero-order valence-corrected chi connectivity index (χ0v) is 22.2. The molecule has 1 heterocycles. The number of hydrogen-bond acceptors (Lipinski definition) is 4. The van der Waals surface area contributed by atoms with Crippen LogP contribution in [0, 0.1) is 0 Å². The minimum absolute atomic E-state index is 0.268. The van der Waals surface area contributed by atoms with Gasteiger partial charge in [0.2, 0.25) is 0 Å². The van der Waals surface area contributed by atoms with Gasteiger partial charge in [0.25, 0.3) is 5.91 Å². The van der Waals surface area contributed by atoms with Crippen LogP contribution in [0.3, 0.4) is 0 Å². The lowest BCUT2D eigenvalue weighted by atomic mass is 9.98. The quantitative estimate of drug-likeness (QED) is 0.255. The minimum atomic E-state index is -0.955. The Morgan fingerprint density at radius 1 is 0.975 bits per heavy atom. The number of aldehydes is 1. The number of carbonyl (C=O) groups excluding carboxylic acids is 2. The summed E-state index contributed by atoms with van der Waals surface area (Å²) in [6, 6.07) is 21.6. The van der Waals surface area contributed by atoms with Gasteiger partial charge < -0.3 is 9.67 Å². The Kier molecular flexibility index (Phi) is 7.92. The van der Waals surface area contributed by atoms with Crippen molar-refractivity contribution in [2.24, 2.45) is 4.99 Å². The van der Waals surface area contributed by atoms with Gasteiger partial charge in [0.15, 0.2) is 6.29 Å². The largest absolute Gasteiger partial charge is 0.478 e. The highest BCUT2D eigenvalue weighted by Crippen LogP contribution is 2.26. The standard InChI is InChI=1S/C33H29N3O4/c1-2-3-12-31-35-29-18-17-25(34-32(38)27-10-5-4-8-24(27)21-37)19-30(29)36(31)20-22-13-15-23(16-14-22)26-9-6-7-11-28(26)33(39)40/h4-11,13-18,21H,2-3,12,19-20H2,1H3,(H,39,40). The fourth-order valence-electron chi connectivity index (χ4n) is 4.95. The van der Waals surface area contributed by atoms with Crippen LogP contribution in [-0.2, 0) is 19.4 Å². The zero-order valence-electron chi connectivity index (χ0n) is 22.2. The summed E-state index contributed by atoms with van der Waals surface area (Å²) in [5.74, 6) is -0.417. The third-order valence-corrected chi connectivity index (χ3v) is 7.05. The second-order valence-electron chi connectivity index (χ2n) is 9.72. The zero-order chi connectivity index (χ0) is 28.1. The van der Waals surface area contributed by atoms with Crippen molar-refractivity contribution in [1.29, 1.82) is 0 Å². The highest BCUT2D eigenvalue weighted by atomic mass is 16.4. The number of allylic oxidation sites excluding steroid dienone is 1. The predicted octanol–water partition coefficient (Wildman–Crippen LogP) is 6.30. The van der Waals surface area contributed by atoms with E-state index in [4.69, 9.17) is 4.98 Å². The van der Waals surface area contributed by atoms with Crippen molar-refractivity contribution < 1.29 is 19.5 Å². The van der Waals surface area contributed by atoms with E-state index in [2.05, 4.69) is 16.5 Å². The lowest BCUT2D eigenvalue weighted by Crippen LogP contribution is -2.15. The molecule has 0 saturated heterocycles. The van der Waals surface area contributed by atoms with E-state index in [1.54, 1.807) is 36.4 Å². The number of aliphatic imine (C=N–C) groups is 1. The summed E-state index contributed by atoms with van der Waals surface area (Å²) >= 11 is 0. The molecule has 4 aromatic rings. The van der Waals surface area contributed by atoms with E-state index in [0.717, 1.165) is 47.6 Å². The maximum Gasteiger partial charge on any atom is 0.336 e. The average Bonchev–Trinajstić information content (AvgIpc) is 3.32. The molecular formula is C33H29N3O4. The van der Waals surface area contributed by atoms with E-state index in [-0.39, 0.29) is 11.1 Å². The Morgan fingerprint density at radius 2 is 1.70 bits per heavy atom. The molecule has 1 aliphatic carbocycles. The average molecular weight is 532 g/mol. The van der Waals surface area contributed by atoms with Gasteiger partial charge in [0.05, 0.1) is 28.2 Å². The van der Waals surface area contributed by atoms with Crippen molar-refractivity contribution in [1.82, 2.24) is 9.55 Å². The topological polar surface area (TPSA) is 102 Å². The van der Waals surface area contributed by atoms with Crippen LogP contribution in [0.25, 0.3) is 17.2 Å². The molecule has 0 bridgehead atoms. The first-order chi connectivity index (χ1) is 19.5. The summed E-state index contributed by atoms with van der Waals surface area (Å²) in [7, 11) is 0. The number of aryl methyl sites for hydroxylation is 1. The van der Waals surface area contributed by atoms with E-state index in [9.17, 15) is 19.5 Å². The van der Waals surface area contributed by atoms with Crippen LogP contribution < -0.4 is 0 Å². The minimum Gasteiger partial charge on any atom is -0.478 e. The van der Waals surface area contributed by atoms with Crippen molar-refractivity contribution in [2.75, 3.05) is 0 Å². The number of aromatic carboxylic acids is 1.